The Labute approximate surface area is 126 Å². The number of nitrogens with zero attached hydrogens (tertiary/aromatic N) is 1. The standard InChI is InChI=1S/C15H14N2O5/c1-7-3-4-8-11(12(7)22-2)15(21)17(14(8)20)9-5-6-10(18)16-13(9)19/h3-4,9H,5-6H2,1-2H3,(H,16,18,19). The van der Waals surface area contributed by atoms with Crippen LogP contribution >= 0.6 is 0 Å². The number of rotatable bonds is 2. The zero-order chi connectivity index (χ0) is 16.0. The molecule has 4 amide bonds. The van der Waals surface area contributed by atoms with E-state index in [1.165, 1.54) is 7.11 Å². The molecule has 0 bridgehead atoms. The van der Waals surface area contributed by atoms with E-state index < -0.39 is 29.7 Å². The molecule has 7 heteroatoms. The van der Waals surface area contributed by atoms with Crippen LogP contribution in [0.2, 0.25) is 0 Å². The minimum atomic E-state index is -0.963. The quantitative estimate of drug-likeness (QED) is 0.798. The van der Waals surface area contributed by atoms with Gasteiger partial charge in [0.2, 0.25) is 11.8 Å². The maximum absolute atomic E-state index is 12.6. The maximum Gasteiger partial charge on any atom is 0.266 e. The van der Waals surface area contributed by atoms with Crippen LogP contribution < -0.4 is 10.1 Å². The third kappa shape index (κ3) is 1.89. The normalized spacial score (nSPS) is 21.0. The monoisotopic (exact) mass is 302 g/mol. The van der Waals surface area contributed by atoms with Crippen LogP contribution in [0.5, 0.6) is 5.75 Å². The van der Waals surface area contributed by atoms with Crippen molar-refractivity contribution in [3.63, 3.8) is 0 Å². The van der Waals surface area contributed by atoms with E-state index >= 15 is 0 Å². The van der Waals surface area contributed by atoms with Crippen molar-refractivity contribution in [3.8, 4) is 5.75 Å². The molecule has 1 saturated heterocycles. The Balaban J connectivity index is 2.04. The van der Waals surface area contributed by atoms with Gasteiger partial charge in [-0.3, -0.25) is 29.4 Å². The fourth-order valence-corrected chi connectivity index (χ4v) is 2.89. The second-order valence-corrected chi connectivity index (χ2v) is 5.29. The lowest BCUT2D eigenvalue weighted by Crippen LogP contribution is -2.54. The molecule has 0 aliphatic carbocycles. The highest BCUT2D eigenvalue weighted by molar-refractivity contribution is 6.24. The van der Waals surface area contributed by atoms with Gasteiger partial charge in [0.1, 0.15) is 11.8 Å². The first-order valence-electron chi connectivity index (χ1n) is 6.85. The number of piperidine rings is 1. The number of hydrogen-bond acceptors (Lipinski definition) is 5. The Morgan fingerprint density at radius 1 is 1.18 bits per heavy atom. The topological polar surface area (TPSA) is 92.8 Å². The van der Waals surface area contributed by atoms with Crippen molar-refractivity contribution in [2.45, 2.75) is 25.8 Å². The second-order valence-electron chi connectivity index (χ2n) is 5.29. The van der Waals surface area contributed by atoms with E-state index in [0.29, 0.717) is 5.75 Å². The predicted molar refractivity (Wildman–Crippen MR) is 74.4 cm³/mol. The second kappa shape index (κ2) is 4.94. The molecule has 1 N–H and O–H groups in total. The largest absolute Gasteiger partial charge is 0.496 e. The van der Waals surface area contributed by atoms with Crippen LogP contribution in [0.1, 0.15) is 39.1 Å². The van der Waals surface area contributed by atoms with E-state index in [-0.39, 0.29) is 24.0 Å². The number of hydrogen-bond donors (Lipinski definition) is 1. The molecule has 1 aromatic rings. The molecule has 22 heavy (non-hydrogen) atoms. The van der Waals surface area contributed by atoms with Crippen LogP contribution in [0.15, 0.2) is 12.1 Å². The Kier molecular flexibility index (Phi) is 3.20. The van der Waals surface area contributed by atoms with E-state index in [2.05, 4.69) is 5.32 Å². The van der Waals surface area contributed by atoms with Gasteiger partial charge < -0.3 is 4.74 Å². The molecular formula is C15H14N2O5. The van der Waals surface area contributed by atoms with Crippen molar-refractivity contribution >= 4 is 23.6 Å². The molecule has 1 unspecified atom stereocenters. The molecule has 2 aliphatic rings. The SMILES string of the molecule is COc1c(C)ccc2c1C(=O)N(C1CCC(=O)NC1=O)C2=O. The third-order valence-electron chi connectivity index (χ3n) is 3.96. The summed E-state index contributed by atoms with van der Waals surface area (Å²) in [5.74, 6) is -1.78. The minimum Gasteiger partial charge on any atom is -0.496 e. The molecule has 1 aromatic carbocycles. The lowest BCUT2D eigenvalue weighted by molar-refractivity contribution is -0.136. The Morgan fingerprint density at radius 2 is 1.91 bits per heavy atom. The first-order valence-corrected chi connectivity index (χ1v) is 6.85. The van der Waals surface area contributed by atoms with E-state index in [1.54, 1.807) is 19.1 Å². The molecule has 7 nitrogen and oxygen atoms in total. The Hall–Kier alpha value is -2.70. The van der Waals surface area contributed by atoms with Gasteiger partial charge in [0.15, 0.2) is 0 Å². The van der Waals surface area contributed by atoms with Crippen molar-refractivity contribution in [2.24, 2.45) is 0 Å². The Morgan fingerprint density at radius 3 is 2.55 bits per heavy atom. The lowest BCUT2D eigenvalue weighted by Gasteiger charge is -2.27. The van der Waals surface area contributed by atoms with Gasteiger partial charge in [-0.25, -0.2) is 0 Å². The maximum atomic E-state index is 12.6. The number of ether oxygens (including phenoxy) is 1. The molecule has 0 aromatic heterocycles. The smallest absolute Gasteiger partial charge is 0.266 e. The van der Waals surface area contributed by atoms with Crippen LogP contribution in [-0.4, -0.2) is 41.7 Å². The average molecular weight is 302 g/mol. The van der Waals surface area contributed by atoms with E-state index in [1.807, 2.05) is 0 Å². The lowest BCUT2D eigenvalue weighted by atomic mass is 10.0. The molecule has 2 aliphatic heterocycles. The van der Waals surface area contributed by atoms with Gasteiger partial charge in [0.05, 0.1) is 18.2 Å². The fourth-order valence-electron chi connectivity index (χ4n) is 2.89. The molecule has 114 valence electrons. The first kappa shape index (κ1) is 14.2. The van der Waals surface area contributed by atoms with Gasteiger partial charge in [0.25, 0.3) is 11.8 Å². The molecule has 0 spiro atoms. The van der Waals surface area contributed by atoms with Gasteiger partial charge in [-0.2, -0.15) is 0 Å². The Bertz CT molecular complexity index is 725. The van der Waals surface area contributed by atoms with Crippen molar-refractivity contribution in [1.82, 2.24) is 10.2 Å². The molecule has 2 heterocycles. The van der Waals surface area contributed by atoms with Crippen LogP contribution in [0.4, 0.5) is 0 Å². The minimum absolute atomic E-state index is 0.0972. The number of nitrogens with one attached hydrogen (secondary N) is 1. The van der Waals surface area contributed by atoms with Crippen LogP contribution in [0, 0.1) is 6.92 Å². The van der Waals surface area contributed by atoms with Gasteiger partial charge in [-0.1, -0.05) is 6.07 Å². The molecular weight excluding hydrogens is 288 g/mol. The number of carbonyl (C=O) groups excluding carboxylic acids is 4. The summed E-state index contributed by atoms with van der Waals surface area (Å²) in [5.41, 5.74) is 1.13. The van der Waals surface area contributed by atoms with Crippen molar-refractivity contribution < 1.29 is 23.9 Å². The van der Waals surface area contributed by atoms with Crippen molar-refractivity contribution in [1.29, 1.82) is 0 Å². The van der Waals surface area contributed by atoms with E-state index in [9.17, 15) is 19.2 Å². The van der Waals surface area contributed by atoms with Crippen molar-refractivity contribution in [2.75, 3.05) is 7.11 Å². The molecule has 0 radical (unpaired) electrons. The van der Waals surface area contributed by atoms with E-state index in [0.717, 1.165) is 10.5 Å². The van der Waals surface area contributed by atoms with Gasteiger partial charge in [-0.15, -0.1) is 0 Å². The number of benzene rings is 1. The average Bonchev–Trinajstić information content (AvgIpc) is 2.72. The summed E-state index contributed by atoms with van der Waals surface area (Å²) in [6.07, 6.45) is 0.234. The zero-order valence-corrected chi connectivity index (χ0v) is 12.1. The van der Waals surface area contributed by atoms with Crippen molar-refractivity contribution in [3.05, 3.63) is 28.8 Å². The van der Waals surface area contributed by atoms with Crippen LogP contribution in [0.3, 0.4) is 0 Å². The zero-order valence-electron chi connectivity index (χ0n) is 12.1. The van der Waals surface area contributed by atoms with Crippen LogP contribution in [-0.2, 0) is 9.59 Å². The summed E-state index contributed by atoms with van der Waals surface area (Å²) in [7, 11) is 1.43. The molecule has 1 fully saturated rings. The number of fused-ring (bicyclic) bond motifs is 1. The van der Waals surface area contributed by atoms with Gasteiger partial charge >= 0.3 is 0 Å². The van der Waals surface area contributed by atoms with Gasteiger partial charge in [0, 0.05) is 6.42 Å². The number of methoxy groups -OCH3 is 1. The fraction of sp³-hybridized carbons (Fsp3) is 0.333. The summed E-state index contributed by atoms with van der Waals surface area (Å²) in [6, 6.07) is 2.28. The van der Waals surface area contributed by atoms with Crippen LogP contribution in [0.25, 0.3) is 0 Å². The highest BCUT2D eigenvalue weighted by atomic mass is 16.5. The number of carbonyl (C=O) groups is 4. The number of imide groups is 2. The summed E-state index contributed by atoms with van der Waals surface area (Å²) in [5, 5.41) is 2.16. The highest BCUT2D eigenvalue weighted by Gasteiger charge is 2.46. The van der Waals surface area contributed by atoms with Gasteiger partial charge in [-0.05, 0) is 25.0 Å². The van der Waals surface area contributed by atoms with E-state index in [4.69, 9.17) is 4.74 Å². The summed E-state index contributed by atoms with van der Waals surface area (Å²) < 4.78 is 5.23. The summed E-state index contributed by atoms with van der Waals surface area (Å²) in [4.78, 5) is 49.2. The molecule has 3 rings (SSSR count). The highest BCUT2D eigenvalue weighted by Crippen LogP contribution is 2.35. The third-order valence-corrected chi connectivity index (χ3v) is 3.96. The predicted octanol–water partition coefficient (Wildman–Crippen LogP) is 0.405. The number of amides is 4. The molecule has 1 atom stereocenters. The number of aryl methyl sites for hydroxylation is 1. The molecule has 0 saturated carbocycles. The summed E-state index contributed by atoms with van der Waals surface area (Å²) >= 11 is 0. The summed E-state index contributed by atoms with van der Waals surface area (Å²) in [6.45, 7) is 1.77. The first-order chi connectivity index (χ1) is 10.5.